The van der Waals surface area contributed by atoms with Crippen LogP contribution in [0.5, 0.6) is 0 Å². The van der Waals surface area contributed by atoms with Gasteiger partial charge in [0.15, 0.2) is 0 Å². The first-order valence-electron chi connectivity index (χ1n) is 8.87. The Morgan fingerprint density at radius 2 is 1.52 bits per heavy atom. The van der Waals surface area contributed by atoms with Crippen LogP contribution in [0, 0.1) is 11.6 Å². The van der Waals surface area contributed by atoms with Crippen molar-refractivity contribution in [2.45, 2.75) is 5.75 Å². The van der Waals surface area contributed by atoms with E-state index in [1.54, 1.807) is 18.2 Å². The van der Waals surface area contributed by atoms with Gasteiger partial charge in [0.05, 0.1) is 11.4 Å². The molecule has 1 aliphatic heterocycles. The van der Waals surface area contributed by atoms with Crippen LogP contribution in [-0.2, 0) is 15.8 Å². The van der Waals surface area contributed by atoms with Crippen molar-refractivity contribution < 1.29 is 17.2 Å². The Kier molecular flexibility index (Phi) is 6.41. The zero-order chi connectivity index (χ0) is 19.3. The summed E-state index contributed by atoms with van der Waals surface area (Å²) in [4.78, 5) is 4.12. The molecule has 2 aromatic carbocycles. The molecule has 0 unspecified atom stereocenters. The molecule has 0 aromatic heterocycles. The van der Waals surface area contributed by atoms with Crippen LogP contribution in [0.15, 0.2) is 48.5 Å². The van der Waals surface area contributed by atoms with Crippen molar-refractivity contribution in [3.8, 4) is 0 Å². The lowest BCUT2D eigenvalue weighted by Crippen LogP contribution is -2.48. The Bertz CT molecular complexity index is 869. The molecule has 1 N–H and O–H groups in total. The van der Waals surface area contributed by atoms with Gasteiger partial charge in [0.1, 0.15) is 11.6 Å². The summed E-state index contributed by atoms with van der Waals surface area (Å²) in [6.45, 7) is 3.64. The number of benzene rings is 2. The Morgan fingerprint density at radius 1 is 0.889 bits per heavy atom. The second-order valence-electron chi connectivity index (χ2n) is 6.52. The second kappa shape index (κ2) is 8.77. The van der Waals surface area contributed by atoms with E-state index in [1.165, 1.54) is 24.3 Å². The molecule has 27 heavy (non-hydrogen) atoms. The number of anilines is 1. The molecule has 0 bridgehead atoms. The molecule has 1 fully saturated rings. The van der Waals surface area contributed by atoms with Crippen molar-refractivity contribution in [2.24, 2.45) is 0 Å². The van der Waals surface area contributed by atoms with Crippen LogP contribution in [0.3, 0.4) is 0 Å². The van der Waals surface area contributed by atoms with Gasteiger partial charge >= 0.3 is 0 Å². The van der Waals surface area contributed by atoms with Crippen LogP contribution < -0.4 is 9.62 Å². The van der Waals surface area contributed by atoms with Crippen molar-refractivity contribution in [3.63, 3.8) is 0 Å². The third-order valence-electron chi connectivity index (χ3n) is 4.62. The van der Waals surface area contributed by atoms with E-state index in [0.29, 0.717) is 25.3 Å². The number of hydrogen-bond acceptors (Lipinski definition) is 4. The van der Waals surface area contributed by atoms with E-state index in [1.807, 2.05) is 11.0 Å². The highest BCUT2D eigenvalue weighted by Crippen LogP contribution is 2.20. The van der Waals surface area contributed by atoms with Crippen LogP contribution in [-0.4, -0.2) is 52.6 Å². The largest absolute Gasteiger partial charge is 0.367 e. The quantitative estimate of drug-likeness (QED) is 0.781. The van der Waals surface area contributed by atoms with Gasteiger partial charge in [-0.15, -0.1) is 0 Å². The summed E-state index contributed by atoms with van der Waals surface area (Å²) in [5, 5.41) is 0. The highest BCUT2D eigenvalue weighted by atomic mass is 32.2. The number of sulfonamides is 1. The summed E-state index contributed by atoms with van der Waals surface area (Å²) in [5.74, 6) is -1.13. The van der Waals surface area contributed by atoms with Crippen LogP contribution >= 0.6 is 0 Å². The molecule has 5 nitrogen and oxygen atoms in total. The van der Waals surface area contributed by atoms with Crippen LogP contribution in [0.4, 0.5) is 14.5 Å². The van der Waals surface area contributed by atoms with E-state index in [0.717, 1.165) is 13.1 Å². The minimum atomic E-state index is -3.59. The van der Waals surface area contributed by atoms with E-state index in [9.17, 15) is 17.2 Å². The summed E-state index contributed by atoms with van der Waals surface area (Å²) in [5.41, 5.74) is 0.756. The van der Waals surface area contributed by atoms with Gasteiger partial charge in [-0.25, -0.2) is 21.9 Å². The molecule has 2 aromatic rings. The highest BCUT2D eigenvalue weighted by Gasteiger charge is 2.20. The monoisotopic (exact) mass is 395 g/mol. The van der Waals surface area contributed by atoms with Crippen molar-refractivity contribution in [3.05, 3.63) is 65.7 Å². The van der Waals surface area contributed by atoms with Gasteiger partial charge in [-0.1, -0.05) is 30.3 Å². The van der Waals surface area contributed by atoms with E-state index in [4.69, 9.17) is 0 Å². The molecule has 1 saturated heterocycles. The van der Waals surface area contributed by atoms with Gasteiger partial charge in [0, 0.05) is 44.8 Å². The molecule has 1 heterocycles. The third-order valence-corrected chi connectivity index (χ3v) is 5.95. The number of halogens is 2. The van der Waals surface area contributed by atoms with Gasteiger partial charge in [-0.3, -0.25) is 4.90 Å². The Morgan fingerprint density at radius 3 is 2.19 bits per heavy atom. The summed E-state index contributed by atoms with van der Waals surface area (Å²) >= 11 is 0. The Hall–Kier alpha value is -2.03. The maximum Gasteiger partial charge on any atom is 0.215 e. The van der Waals surface area contributed by atoms with Crippen molar-refractivity contribution in [1.29, 1.82) is 0 Å². The summed E-state index contributed by atoms with van der Waals surface area (Å²) in [7, 11) is -3.59. The predicted molar refractivity (Wildman–Crippen MR) is 102 cm³/mol. The lowest BCUT2D eigenvalue weighted by atomic mass is 10.2. The fraction of sp³-hybridized carbons (Fsp3) is 0.368. The Labute approximate surface area is 158 Å². The molecule has 0 saturated carbocycles. The van der Waals surface area contributed by atoms with Crippen molar-refractivity contribution >= 4 is 15.7 Å². The predicted octanol–water partition coefficient (Wildman–Crippen LogP) is 2.21. The molecule has 0 radical (unpaired) electrons. The molecule has 0 amide bonds. The molecule has 1 aliphatic rings. The molecular weight excluding hydrogens is 372 g/mol. The van der Waals surface area contributed by atoms with Crippen LogP contribution in [0.25, 0.3) is 0 Å². The van der Waals surface area contributed by atoms with Crippen LogP contribution in [0.1, 0.15) is 5.56 Å². The molecular formula is C19H23F2N3O2S. The minimum absolute atomic E-state index is 0.156. The summed E-state index contributed by atoms with van der Waals surface area (Å²) in [6, 6.07) is 12.6. The topological polar surface area (TPSA) is 52.7 Å². The van der Waals surface area contributed by atoms with Gasteiger partial charge in [-0.05, 0) is 18.2 Å². The molecule has 146 valence electrons. The molecule has 8 heteroatoms. The first kappa shape index (κ1) is 19.7. The summed E-state index contributed by atoms with van der Waals surface area (Å²) < 4.78 is 54.2. The second-order valence-corrected chi connectivity index (χ2v) is 8.33. The number of rotatable bonds is 7. The average molecular weight is 395 g/mol. The van der Waals surface area contributed by atoms with E-state index in [-0.39, 0.29) is 23.7 Å². The number of piperazine rings is 1. The zero-order valence-electron chi connectivity index (χ0n) is 14.9. The smallest absolute Gasteiger partial charge is 0.215 e. The van der Waals surface area contributed by atoms with Gasteiger partial charge < -0.3 is 4.90 Å². The maximum absolute atomic E-state index is 13.9. The molecule has 0 aliphatic carbocycles. The molecule has 0 atom stereocenters. The van der Waals surface area contributed by atoms with E-state index < -0.39 is 15.8 Å². The molecule has 0 spiro atoms. The number of nitrogens with zero attached hydrogens (tertiary/aromatic N) is 2. The van der Waals surface area contributed by atoms with E-state index in [2.05, 4.69) is 9.62 Å². The van der Waals surface area contributed by atoms with Gasteiger partial charge in [0.25, 0.3) is 0 Å². The maximum atomic E-state index is 13.9. The Balaban J connectivity index is 1.44. The first-order valence-corrected chi connectivity index (χ1v) is 10.5. The SMILES string of the molecule is O=S(=O)(Cc1ccccc1F)NCCN1CCN(c2ccccc2F)CC1. The normalized spacial score (nSPS) is 15.9. The summed E-state index contributed by atoms with van der Waals surface area (Å²) in [6.07, 6.45) is 0. The standard InChI is InChI=1S/C19H23F2N3O2S/c20-17-6-2-1-5-16(17)15-27(25,26)22-9-10-23-11-13-24(14-12-23)19-8-4-3-7-18(19)21/h1-8,22H,9-15H2. The van der Waals surface area contributed by atoms with Gasteiger partial charge in [-0.2, -0.15) is 0 Å². The van der Waals surface area contributed by atoms with Crippen LogP contribution in [0.2, 0.25) is 0 Å². The minimum Gasteiger partial charge on any atom is -0.367 e. The average Bonchev–Trinajstić information content (AvgIpc) is 2.64. The molecule has 3 rings (SSSR count). The lowest BCUT2D eigenvalue weighted by Gasteiger charge is -2.36. The fourth-order valence-corrected chi connectivity index (χ4v) is 4.30. The fourth-order valence-electron chi connectivity index (χ4n) is 3.15. The number of nitrogens with one attached hydrogen (secondary N) is 1. The van der Waals surface area contributed by atoms with Crippen molar-refractivity contribution in [2.75, 3.05) is 44.2 Å². The van der Waals surface area contributed by atoms with Crippen molar-refractivity contribution in [1.82, 2.24) is 9.62 Å². The lowest BCUT2D eigenvalue weighted by molar-refractivity contribution is 0.261. The first-order chi connectivity index (χ1) is 12.9. The number of para-hydroxylation sites is 1. The zero-order valence-corrected chi connectivity index (χ0v) is 15.8. The van der Waals surface area contributed by atoms with E-state index >= 15 is 0 Å². The number of hydrogen-bond donors (Lipinski definition) is 1. The third kappa shape index (κ3) is 5.47. The highest BCUT2D eigenvalue weighted by molar-refractivity contribution is 7.88. The van der Waals surface area contributed by atoms with Gasteiger partial charge in [0.2, 0.25) is 10.0 Å².